The fourth-order valence-electron chi connectivity index (χ4n) is 3.59. The summed E-state index contributed by atoms with van der Waals surface area (Å²) in [6.45, 7) is 8.53. The summed E-state index contributed by atoms with van der Waals surface area (Å²) >= 11 is 6.50. The third-order valence-electron chi connectivity index (χ3n) is 5.62. The number of aryl methyl sites for hydroxylation is 1. The lowest BCUT2D eigenvalue weighted by atomic mass is 10.1. The number of carbonyl (C=O) groups is 1. The molecule has 2 aromatic heterocycles. The van der Waals surface area contributed by atoms with E-state index in [0.717, 1.165) is 39.8 Å². The molecule has 174 valence electrons. The summed E-state index contributed by atoms with van der Waals surface area (Å²) in [6, 6.07) is 7.87. The van der Waals surface area contributed by atoms with Crippen molar-refractivity contribution >= 4 is 34.1 Å². The van der Waals surface area contributed by atoms with Gasteiger partial charge in [-0.1, -0.05) is 43.7 Å². The van der Waals surface area contributed by atoms with Crippen LogP contribution < -0.4 is 10.1 Å². The van der Waals surface area contributed by atoms with Crippen LogP contribution in [0, 0.1) is 12.8 Å². The number of hydrogen-bond donors (Lipinski definition) is 1. The highest BCUT2D eigenvalue weighted by Gasteiger charge is 2.19. The van der Waals surface area contributed by atoms with Crippen LogP contribution in [0.4, 0.5) is 5.69 Å². The van der Waals surface area contributed by atoms with E-state index in [1.165, 1.54) is 0 Å². The number of rotatable bonds is 9. The van der Waals surface area contributed by atoms with Crippen LogP contribution in [0.25, 0.3) is 10.9 Å². The molecule has 0 saturated carbocycles. The molecule has 1 atom stereocenters. The maximum atomic E-state index is 12.6. The van der Waals surface area contributed by atoms with Gasteiger partial charge in [-0.3, -0.25) is 9.78 Å². The van der Waals surface area contributed by atoms with Crippen LogP contribution in [0.5, 0.6) is 5.75 Å². The standard InChI is InChI=1S/C26H31ClN4O2/c1-6-11-29-23-12-18(4)30-25-20(23)9-8-10-24(25)33-16-21-19(13-28-14-22(21)27)15-31(5)26(32)17(3)7-2/h6,8-14,17H,7,15-16H2,1-5H3,(H,29,30)/b11-6-/t17-/m0/s1. The van der Waals surface area contributed by atoms with Crippen molar-refractivity contribution in [1.82, 2.24) is 14.9 Å². The molecule has 0 aliphatic heterocycles. The molecule has 33 heavy (non-hydrogen) atoms. The molecule has 7 heteroatoms. The predicted molar refractivity (Wildman–Crippen MR) is 134 cm³/mol. The van der Waals surface area contributed by atoms with Crippen LogP contribution in [0.1, 0.15) is 44.0 Å². The van der Waals surface area contributed by atoms with Crippen molar-refractivity contribution in [2.45, 2.75) is 47.3 Å². The number of halogens is 1. The van der Waals surface area contributed by atoms with Crippen molar-refractivity contribution in [3.63, 3.8) is 0 Å². The van der Waals surface area contributed by atoms with E-state index in [4.69, 9.17) is 21.3 Å². The first-order valence-corrected chi connectivity index (χ1v) is 11.5. The van der Waals surface area contributed by atoms with E-state index >= 15 is 0 Å². The lowest BCUT2D eigenvalue weighted by Gasteiger charge is -2.22. The number of nitrogens with zero attached hydrogens (tertiary/aromatic N) is 3. The van der Waals surface area contributed by atoms with Gasteiger partial charge in [0, 0.05) is 54.2 Å². The Morgan fingerprint density at radius 3 is 2.85 bits per heavy atom. The summed E-state index contributed by atoms with van der Waals surface area (Å²) in [5, 5.41) is 4.78. The summed E-state index contributed by atoms with van der Waals surface area (Å²) in [6.07, 6.45) is 7.98. The molecule has 3 aromatic rings. The van der Waals surface area contributed by atoms with Gasteiger partial charge in [-0.05, 0) is 44.2 Å². The summed E-state index contributed by atoms with van der Waals surface area (Å²) in [5.74, 6) is 0.735. The molecular weight excluding hydrogens is 436 g/mol. The Labute approximate surface area is 200 Å². The zero-order valence-corrected chi connectivity index (χ0v) is 20.6. The summed E-state index contributed by atoms with van der Waals surface area (Å²) in [4.78, 5) is 23.2. The molecule has 6 nitrogen and oxygen atoms in total. The molecule has 0 spiro atoms. The maximum absolute atomic E-state index is 12.6. The van der Waals surface area contributed by atoms with E-state index < -0.39 is 0 Å². The first kappa shape index (κ1) is 24.5. The molecule has 0 radical (unpaired) electrons. The van der Waals surface area contributed by atoms with Crippen molar-refractivity contribution in [1.29, 1.82) is 0 Å². The molecule has 1 N–H and O–H groups in total. The number of pyridine rings is 2. The number of nitrogens with one attached hydrogen (secondary N) is 1. The van der Waals surface area contributed by atoms with E-state index in [2.05, 4.69) is 10.3 Å². The van der Waals surface area contributed by atoms with Crippen molar-refractivity contribution in [2.24, 2.45) is 5.92 Å². The van der Waals surface area contributed by atoms with E-state index in [1.54, 1.807) is 24.3 Å². The highest BCUT2D eigenvalue weighted by Crippen LogP contribution is 2.31. The largest absolute Gasteiger partial charge is 0.487 e. The van der Waals surface area contributed by atoms with Crippen LogP contribution >= 0.6 is 11.6 Å². The Morgan fingerprint density at radius 2 is 2.12 bits per heavy atom. The number of para-hydroxylation sites is 1. The van der Waals surface area contributed by atoms with Crippen molar-refractivity contribution in [3.8, 4) is 5.75 Å². The first-order chi connectivity index (χ1) is 15.8. The fourth-order valence-corrected chi connectivity index (χ4v) is 3.83. The molecule has 0 aliphatic rings. The van der Waals surface area contributed by atoms with Gasteiger partial charge in [-0.15, -0.1) is 0 Å². The van der Waals surface area contributed by atoms with Gasteiger partial charge in [-0.2, -0.15) is 0 Å². The highest BCUT2D eigenvalue weighted by atomic mass is 35.5. The number of anilines is 1. The molecule has 3 rings (SSSR count). The molecule has 0 aliphatic carbocycles. The number of benzene rings is 1. The van der Waals surface area contributed by atoms with Crippen LogP contribution in [-0.2, 0) is 17.9 Å². The zero-order valence-electron chi connectivity index (χ0n) is 19.9. The smallest absolute Gasteiger partial charge is 0.225 e. The van der Waals surface area contributed by atoms with Crippen LogP contribution in [-0.4, -0.2) is 27.8 Å². The quantitative estimate of drug-likeness (QED) is 0.411. The van der Waals surface area contributed by atoms with Crippen molar-refractivity contribution in [3.05, 3.63) is 70.8 Å². The van der Waals surface area contributed by atoms with Crippen LogP contribution in [0.15, 0.2) is 48.9 Å². The molecule has 2 heterocycles. The number of amides is 1. The Balaban J connectivity index is 1.89. The molecule has 1 aromatic carbocycles. The highest BCUT2D eigenvalue weighted by molar-refractivity contribution is 6.31. The lowest BCUT2D eigenvalue weighted by Crippen LogP contribution is -2.31. The third-order valence-corrected chi connectivity index (χ3v) is 5.95. The second kappa shape index (κ2) is 11.1. The van der Waals surface area contributed by atoms with E-state index in [9.17, 15) is 4.79 Å². The number of aromatic nitrogens is 2. The van der Waals surface area contributed by atoms with Gasteiger partial charge < -0.3 is 15.0 Å². The second-order valence-corrected chi connectivity index (χ2v) is 8.57. The lowest BCUT2D eigenvalue weighted by molar-refractivity contribution is -0.134. The minimum absolute atomic E-state index is 0.0304. The first-order valence-electron chi connectivity index (χ1n) is 11.1. The molecule has 0 saturated heterocycles. The van der Waals surface area contributed by atoms with Gasteiger partial charge in [0.15, 0.2) is 0 Å². The summed E-state index contributed by atoms with van der Waals surface area (Å²) < 4.78 is 6.23. The minimum Gasteiger partial charge on any atom is -0.487 e. The number of fused-ring (bicyclic) bond motifs is 1. The Kier molecular flexibility index (Phi) is 8.28. The second-order valence-electron chi connectivity index (χ2n) is 8.16. The molecule has 0 bridgehead atoms. The van der Waals surface area contributed by atoms with Crippen LogP contribution in [0.2, 0.25) is 5.02 Å². The molecule has 0 unspecified atom stereocenters. The van der Waals surface area contributed by atoms with Crippen LogP contribution in [0.3, 0.4) is 0 Å². The van der Waals surface area contributed by atoms with E-state index in [1.807, 2.05) is 64.2 Å². The predicted octanol–water partition coefficient (Wildman–Crippen LogP) is 6.12. The summed E-state index contributed by atoms with van der Waals surface area (Å²) in [5.41, 5.74) is 4.31. The average molecular weight is 467 g/mol. The zero-order chi connectivity index (χ0) is 24.0. The number of ether oxygens (including phenoxy) is 1. The third kappa shape index (κ3) is 5.82. The van der Waals surface area contributed by atoms with Gasteiger partial charge in [-0.25, -0.2) is 4.98 Å². The SMILES string of the molecule is C/C=C\Nc1cc(C)nc2c(OCc3c(Cl)cncc3CN(C)C(=O)[C@@H](C)CC)cccc12. The Hall–Kier alpha value is -3.12. The van der Waals surface area contributed by atoms with E-state index in [0.29, 0.717) is 17.3 Å². The van der Waals surface area contributed by atoms with Gasteiger partial charge >= 0.3 is 0 Å². The Morgan fingerprint density at radius 1 is 1.33 bits per heavy atom. The monoisotopic (exact) mass is 466 g/mol. The molecular formula is C26H31ClN4O2. The maximum Gasteiger partial charge on any atom is 0.225 e. The summed E-state index contributed by atoms with van der Waals surface area (Å²) in [7, 11) is 1.80. The average Bonchev–Trinajstić information content (AvgIpc) is 2.81. The topological polar surface area (TPSA) is 67.4 Å². The van der Waals surface area contributed by atoms with E-state index in [-0.39, 0.29) is 18.4 Å². The number of carbonyl (C=O) groups excluding carboxylic acids is 1. The normalized spacial score (nSPS) is 12.2. The number of hydrogen-bond acceptors (Lipinski definition) is 5. The Bertz CT molecular complexity index is 1160. The van der Waals surface area contributed by atoms with Gasteiger partial charge in [0.25, 0.3) is 0 Å². The molecule has 1 amide bonds. The van der Waals surface area contributed by atoms with Crippen molar-refractivity contribution in [2.75, 3.05) is 12.4 Å². The van der Waals surface area contributed by atoms with Crippen molar-refractivity contribution < 1.29 is 9.53 Å². The number of allylic oxidation sites excluding steroid dienone is 1. The fraction of sp³-hybridized carbons (Fsp3) is 0.346. The minimum atomic E-state index is -0.0304. The van der Waals surface area contributed by atoms with Gasteiger partial charge in [0.2, 0.25) is 5.91 Å². The van der Waals surface area contributed by atoms with Gasteiger partial charge in [0.1, 0.15) is 17.9 Å². The van der Waals surface area contributed by atoms with Gasteiger partial charge in [0.05, 0.1) is 5.02 Å². The molecule has 0 fully saturated rings.